The van der Waals surface area contributed by atoms with E-state index < -0.39 is 0 Å². The minimum Gasteiger partial charge on any atom is -0.369 e. The Bertz CT molecular complexity index is 324. The van der Waals surface area contributed by atoms with E-state index in [9.17, 15) is 4.79 Å². The predicted molar refractivity (Wildman–Crippen MR) is 120 cm³/mol. The summed E-state index contributed by atoms with van der Waals surface area (Å²) >= 11 is 0. The third-order valence-electron chi connectivity index (χ3n) is 5.99. The standard InChI is InChI=1S/C24H50N2O/c1-5-8-11-12-13-14-15-16-17-18-19-23(24(25)27)22(4)26(20-9-6-2)21-10-7-3/h22-23H,5-21H2,1-4H3,(H2,25,27). The molecule has 2 N–H and O–H groups in total. The maximum Gasteiger partial charge on any atom is 0.222 e. The molecule has 0 aliphatic carbocycles. The zero-order chi connectivity index (χ0) is 20.3. The van der Waals surface area contributed by atoms with Crippen LogP contribution in [-0.4, -0.2) is 29.9 Å². The highest BCUT2D eigenvalue weighted by Gasteiger charge is 2.26. The summed E-state index contributed by atoms with van der Waals surface area (Å²) in [5, 5.41) is 0. The van der Waals surface area contributed by atoms with Gasteiger partial charge in [-0.15, -0.1) is 0 Å². The number of nitrogens with zero attached hydrogens (tertiary/aromatic N) is 1. The van der Waals surface area contributed by atoms with Gasteiger partial charge in [0.05, 0.1) is 5.92 Å². The lowest BCUT2D eigenvalue weighted by atomic mass is 9.91. The lowest BCUT2D eigenvalue weighted by Gasteiger charge is -2.33. The van der Waals surface area contributed by atoms with E-state index in [0.29, 0.717) is 0 Å². The Kier molecular flexibility index (Phi) is 18.4. The van der Waals surface area contributed by atoms with Crippen molar-refractivity contribution in [3.05, 3.63) is 0 Å². The molecule has 0 fully saturated rings. The van der Waals surface area contributed by atoms with Gasteiger partial charge in [-0.25, -0.2) is 0 Å². The van der Waals surface area contributed by atoms with E-state index in [-0.39, 0.29) is 17.9 Å². The molecule has 2 atom stereocenters. The van der Waals surface area contributed by atoms with Crippen LogP contribution >= 0.6 is 0 Å². The normalized spacial score (nSPS) is 13.8. The van der Waals surface area contributed by atoms with Gasteiger partial charge in [-0.2, -0.15) is 0 Å². The first-order valence-corrected chi connectivity index (χ1v) is 12.1. The number of amides is 1. The van der Waals surface area contributed by atoms with Crippen LogP contribution in [0.4, 0.5) is 0 Å². The Hall–Kier alpha value is -0.570. The molecule has 0 saturated heterocycles. The van der Waals surface area contributed by atoms with Crippen molar-refractivity contribution in [1.29, 1.82) is 0 Å². The fourth-order valence-corrected chi connectivity index (χ4v) is 3.97. The smallest absolute Gasteiger partial charge is 0.222 e. The Labute approximate surface area is 170 Å². The SMILES string of the molecule is CCCCCCCCCCCCC(C(N)=O)C(C)N(CCCC)CCCC. The quantitative estimate of drug-likeness (QED) is 0.238. The first-order valence-electron chi connectivity index (χ1n) is 12.1. The molecule has 0 bridgehead atoms. The summed E-state index contributed by atoms with van der Waals surface area (Å²) < 4.78 is 0. The fraction of sp³-hybridized carbons (Fsp3) is 0.958. The number of unbranched alkanes of at least 4 members (excludes halogenated alkanes) is 11. The minimum absolute atomic E-state index is 0.00718. The summed E-state index contributed by atoms with van der Waals surface area (Å²) in [6.07, 6.45) is 19.1. The summed E-state index contributed by atoms with van der Waals surface area (Å²) in [5.74, 6) is -0.0934. The molecule has 0 aliphatic heterocycles. The molecule has 0 aromatic rings. The van der Waals surface area contributed by atoms with E-state index >= 15 is 0 Å². The van der Waals surface area contributed by atoms with Gasteiger partial charge in [-0.05, 0) is 39.3 Å². The summed E-state index contributed by atoms with van der Waals surface area (Å²) in [6, 6.07) is 0.277. The Morgan fingerprint density at radius 2 is 1.11 bits per heavy atom. The van der Waals surface area contributed by atoms with Gasteiger partial charge in [-0.1, -0.05) is 97.8 Å². The molecule has 162 valence electrons. The summed E-state index contributed by atoms with van der Waals surface area (Å²) in [7, 11) is 0. The van der Waals surface area contributed by atoms with Gasteiger partial charge in [0, 0.05) is 6.04 Å². The van der Waals surface area contributed by atoms with Gasteiger partial charge in [0.25, 0.3) is 0 Å². The molecule has 0 spiro atoms. The van der Waals surface area contributed by atoms with Crippen LogP contribution in [0.1, 0.15) is 124 Å². The van der Waals surface area contributed by atoms with Crippen LogP contribution in [0.2, 0.25) is 0 Å². The van der Waals surface area contributed by atoms with Gasteiger partial charge in [0.1, 0.15) is 0 Å². The molecule has 3 heteroatoms. The lowest BCUT2D eigenvalue weighted by Crippen LogP contribution is -2.44. The molecule has 3 nitrogen and oxygen atoms in total. The average Bonchev–Trinajstić information content (AvgIpc) is 2.65. The highest BCUT2D eigenvalue weighted by atomic mass is 16.1. The molecule has 0 aromatic carbocycles. The van der Waals surface area contributed by atoms with Crippen molar-refractivity contribution in [2.45, 2.75) is 130 Å². The number of carbonyl (C=O) groups is 1. The van der Waals surface area contributed by atoms with Crippen LogP contribution in [0.3, 0.4) is 0 Å². The van der Waals surface area contributed by atoms with Crippen molar-refractivity contribution in [3.8, 4) is 0 Å². The molecule has 2 unspecified atom stereocenters. The molecule has 0 rings (SSSR count). The number of hydrogen-bond donors (Lipinski definition) is 1. The van der Waals surface area contributed by atoms with Crippen LogP contribution in [0.15, 0.2) is 0 Å². The van der Waals surface area contributed by atoms with E-state index in [1.54, 1.807) is 0 Å². The molecule has 0 radical (unpaired) electrons. The molecule has 0 saturated carbocycles. The lowest BCUT2D eigenvalue weighted by molar-refractivity contribution is -0.124. The Morgan fingerprint density at radius 3 is 1.52 bits per heavy atom. The third kappa shape index (κ3) is 14.1. The second-order valence-corrected chi connectivity index (χ2v) is 8.46. The predicted octanol–water partition coefficient (Wildman–Crippen LogP) is 6.69. The van der Waals surface area contributed by atoms with Crippen molar-refractivity contribution in [3.63, 3.8) is 0 Å². The summed E-state index contributed by atoms with van der Waals surface area (Å²) in [6.45, 7) is 11.2. The van der Waals surface area contributed by atoms with Gasteiger partial charge in [-0.3, -0.25) is 9.69 Å². The average molecular weight is 383 g/mol. The van der Waals surface area contributed by atoms with Gasteiger partial charge >= 0.3 is 0 Å². The highest BCUT2D eigenvalue weighted by molar-refractivity contribution is 5.77. The van der Waals surface area contributed by atoms with Crippen molar-refractivity contribution in [1.82, 2.24) is 4.90 Å². The second kappa shape index (κ2) is 18.8. The molecule has 27 heavy (non-hydrogen) atoms. The van der Waals surface area contributed by atoms with Crippen molar-refractivity contribution >= 4 is 5.91 Å². The van der Waals surface area contributed by atoms with Crippen molar-refractivity contribution < 1.29 is 4.79 Å². The van der Waals surface area contributed by atoms with E-state index in [0.717, 1.165) is 25.9 Å². The molecule has 0 heterocycles. The van der Waals surface area contributed by atoms with Gasteiger partial charge in [0.2, 0.25) is 5.91 Å². The fourth-order valence-electron chi connectivity index (χ4n) is 3.97. The molecular weight excluding hydrogens is 332 g/mol. The van der Waals surface area contributed by atoms with E-state index in [1.165, 1.54) is 83.5 Å². The number of primary amides is 1. The highest BCUT2D eigenvalue weighted by Crippen LogP contribution is 2.20. The summed E-state index contributed by atoms with van der Waals surface area (Å²) in [4.78, 5) is 14.6. The number of rotatable bonds is 20. The maximum atomic E-state index is 12.1. The maximum absolute atomic E-state index is 12.1. The number of hydrogen-bond acceptors (Lipinski definition) is 2. The van der Waals surface area contributed by atoms with Crippen LogP contribution in [-0.2, 0) is 4.79 Å². The first kappa shape index (κ1) is 26.4. The molecule has 0 aliphatic rings. The third-order valence-corrected chi connectivity index (χ3v) is 5.99. The zero-order valence-electron chi connectivity index (χ0n) is 19.1. The van der Waals surface area contributed by atoms with Gasteiger partial charge in [0.15, 0.2) is 0 Å². The topological polar surface area (TPSA) is 46.3 Å². The largest absolute Gasteiger partial charge is 0.369 e. The minimum atomic E-state index is -0.101. The van der Waals surface area contributed by atoms with Crippen LogP contribution in [0.25, 0.3) is 0 Å². The monoisotopic (exact) mass is 382 g/mol. The van der Waals surface area contributed by atoms with Crippen LogP contribution in [0.5, 0.6) is 0 Å². The van der Waals surface area contributed by atoms with Crippen molar-refractivity contribution in [2.24, 2.45) is 11.7 Å². The van der Waals surface area contributed by atoms with E-state index in [4.69, 9.17) is 5.73 Å². The number of nitrogens with two attached hydrogens (primary N) is 1. The number of carbonyl (C=O) groups excluding carboxylic acids is 1. The zero-order valence-corrected chi connectivity index (χ0v) is 19.1. The van der Waals surface area contributed by atoms with Crippen molar-refractivity contribution in [2.75, 3.05) is 13.1 Å². The first-order chi connectivity index (χ1) is 13.1. The molecule has 1 amide bonds. The van der Waals surface area contributed by atoms with Crippen LogP contribution in [0, 0.1) is 5.92 Å². The summed E-state index contributed by atoms with van der Waals surface area (Å²) in [5.41, 5.74) is 5.79. The molecule has 0 aromatic heterocycles. The van der Waals surface area contributed by atoms with E-state index in [1.807, 2.05) is 0 Å². The Morgan fingerprint density at radius 1 is 0.704 bits per heavy atom. The second-order valence-electron chi connectivity index (χ2n) is 8.46. The Balaban J connectivity index is 4.13. The van der Waals surface area contributed by atoms with Crippen LogP contribution < -0.4 is 5.73 Å². The van der Waals surface area contributed by atoms with E-state index in [2.05, 4.69) is 32.6 Å². The molecular formula is C24H50N2O. The van der Waals surface area contributed by atoms with Gasteiger partial charge < -0.3 is 5.73 Å².